The van der Waals surface area contributed by atoms with E-state index in [1.165, 1.54) is 0 Å². The van der Waals surface area contributed by atoms with E-state index in [1.807, 2.05) is 0 Å². The van der Waals surface area contributed by atoms with Crippen molar-refractivity contribution in [3.8, 4) is 0 Å². The molecule has 1 rings (SSSR count). The highest BCUT2D eigenvalue weighted by atomic mass is 16.5. The average molecular weight is 301 g/mol. The van der Waals surface area contributed by atoms with Crippen molar-refractivity contribution in [3.63, 3.8) is 0 Å². The zero-order valence-corrected chi connectivity index (χ0v) is 13.1. The predicted molar refractivity (Wildman–Crippen MR) is 79.0 cm³/mol. The highest BCUT2D eigenvalue weighted by molar-refractivity contribution is 6.34. The van der Waals surface area contributed by atoms with Gasteiger partial charge < -0.3 is 24.6 Å². The molecular weight excluding hydrogens is 274 g/mol. The summed E-state index contributed by atoms with van der Waals surface area (Å²) >= 11 is 0. The van der Waals surface area contributed by atoms with Gasteiger partial charge in [-0.25, -0.2) is 0 Å². The molecule has 1 saturated heterocycles. The topological polar surface area (TPSA) is 71.1 Å². The maximum Gasteiger partial charge on any atom is 0.312 e. The van der Waals surface area contributed by atoms with Crippen molar-refractivity contribution in [1.82, 2.24) is 15.1 Å². The number of hydrogen-bond donors (Lipinski definition) is 1. The molecule has 0 bridgehead atoms. The number of methoxy groups -OCH3 is 2. The van der Waals surface area contributed by atoms with Crippen molar-refractivity contribution >= 4 is 11.8 Å². The van der Waals surface area contributed by atoms with E-state index in [4.69, 9.17) is 9.47 Å². The molecule has 1 aliphatic rings. The quantitative estimate of drug-likeness (QED) is 0.498. The molecule has 0 aromatic heterocycles. The number of carbonyl (C=O) groups excluding carboxylic acids is 2. The van der Waals surface area contributed by atoms with Crippen LogP contribution in [0.3, 0.4) is 0 Å². The predicted octanol–water partition coefficient (Wildman–Crippen LogP) is -0.680. The Hall–Kier alpha value is -1.18. The molecule has 0 aromatic carbocycles. The molecule has 1 fully saturated rings. The first-order chi connectivity index (χ1) is 10.2. The molecule has 7 heteroatoms. The Balaban J connectivity index is 2.56. The van der Waals surface area contributed by atoms with Gasteiger partial charge in [0.15, 0.2) is 0 Å². The van der Waals surface area contributed by atoms with Crippen LogP contribution in [0, 0.1) is 0 Å². The smallest absolute Gasteiger partial charge is 0.312 e. The van der Waals surface area contributed by atoms with Gasteiger partial charge >= 0.3 is 11.8 Å². The lowest BCUT2D eigenvalue weighted by Gasteiger charge is -2.26. The fourth-order valence-corrected chi connectivity index (χ4v) is 2.24. The SMILES string of the molecule is COCCCN(CCOC)C(=O)C(=O)N1CCCNCC1. The third-order valence-corrected chi connectivity index (χ3v) is 3.44. The normalized spacial score (nSPS) is 15.6. The number of ether oxygens (including phenoxy) is 2. The molecular formula is C14H27N3O4. The van der Waals surface area contributed by atoms with Gasteiger partial charge in [0, 0.05) is 53.6 Å². The maximum absolute atomic E-state index is 12.4. The van der Waals surface area contributed by atoms with Crippen molar-refractivity contribution in [2.45, 2.75) is 12.8 Å². The van der Waals surface area contributed by atoms with Crippen LogP contribution in [0.25, 0.3) is 0 Å². The maximum atomic E-state index is 12.4. The van der Waals surface area contributed by atoms with Gasteiger partial charge in [-0.1, -0.05) is 0 Å². The van der Waals surface area contributed by atoms with E-state index in [2.05, 4.69) is 5.32 Å². The van der Waals surface area contributed by atoms with Crippen LogP contribution >= 0.6 is 0 Å². The van der Waals surface area contributed by atoms with Crippen LogP contribution in [0.15, 0.2) is 0 Å². The first-order valence-electron chi connectivity index (χ1n) is 7.47. The van der Waals surface area contributed by atoms with Crippen molar-refractivity contribution in [2.24, 2.45) is 0 Å². The summed E-state index contributed by atoms with van der Waals surface area (Å²) in [6, 6.07) is 0. The Kier molecular flexibility index (Phi) is 8.96. The Morgan fingerprint density at radius 2 is 1.86 bits per heavy atom. The molecule has 0 unspecified atom stereocenters. The summed E-state index contributed by atoms with van der Waals surface area (Å²) in [6.45, 7) is 4.77. The summed E-state index contributed by atoms with van der Waals surface area (Å²) in [5.41, 5.74) is 0. The van der Waals surface area contributed by atoms with E-state index in [0.717, 1.165) is 19.5 Å². The monoisotopic (exact) mass is 301 g/mol. The van der Waals surface area contributed by atoms with Crippen LogP contribution in [0.2, 0.25) is 0 Å². The zero-order valence-electron chi connectivity index (χ0n) is 13.1. The second-order valence-corrected chi connectivity index (χ2v) is 5.03. The molecule has 1 N–H and O–H groups in total. The van der Waals surface area contributed by atoms with Crippen LogP contribution in [-0.2, 0) is 19.1 Å². The summed E-state index contributed by atoms with van der Waals surface area (Å²) in [6.07, 6.45) is 1.58. The number of carbonyl (C=O) groups is 2. The van der Waals surface area contributed by atoms with Crippen LogP contribution in [0.5, 0.6) is 0 Å². The Morgan fingerprint density at radius 1 is 1.10 bits per heavy atom. The van der Waals surface area contributed by atoms with Gasteiger partial charge in [-0.2, -0.15) is 0 Å². The van der Waals surface area contributed by atoms with Crippen molar-refractivity contribution < 1.29 is 19.1 Å². The number of nitrogens with one attached hydrogen (secondary N) is 1. The lowest BCUT2D eigenvalue weighted by molar-refractivity contribution is -0.152. The third-order valence-electron chi connectivity index (χ3n) is 3.44. The van der Waals surface area contributed by atoms with E-state index in [9.17, 15) is 9.59 Å². The molecule has 0 aliphatic carbocycles. The first kappa shape index (κ1) is 17.9. The summed E-state index contributed by atoms with van der Waals surface area (Å²) in [5.74, 6) is -0.850. The van der Waals surface area contributed by atoms with Crippen molar-refractivity contribution in [3.05, 3.63) is 0 Å². The molecule has 1 aliphatic heterocycles. The molecule has 0 aromatic rings. The van der Waals surface area contributed by atoms with E-state index in [1.54, 1.807) is 24.0 Å². The van der Waals surface area contributed by atoms with Crippen LogP contribution in [0.1, 0.15) is 12.8 Å². The Labute approximate surface area is 126 Å². The fraction of sp³-hybridized carbons (Fsp3) is 0.857. The Morgan fingerprint density at radius 3 is 2.57 bits per heavy atom. The van der Waals surface area contributed by atoms with E-state index in [0.29, 0.717) is 45.8 Å². The standard InChI is InChI=1S/C14H27N3O4/c1-20-11-4-8-17(10-12-21-2)14(19)13(18)16-7-3-5-15-6-9-16/h15H,3-12H2,1-2H3. The largest absolute Gasteiger partial charge is 0.385 e. The second-order valence-electron chi connectivity index (χ2n) is 5.03. The van der Waals surface area contributed by atoms with Gasteiger partial charge in [0.1, 0.15) is 0 Å². The fourth-order valence-electron chi connectivity index (χ4n) is 2.24. The summed E-state index contributed by atoms with van der Waals surface area (Å²) in [7, 11) is 3.21. The van der Waals surface area contributed by atoms with E-state index < -0.39 is 11.8 Å². The summed E-state index contributed by atoms with van der Waals surface area (Å²) in [4.78, 5) is 27.9. The lowest BCUT2D eigenvalue weighted by Crippen LogP contribution is -2.47. The molecule has 0 radical (unpaired) electrons. The number of hydrogen-bond acceptors (Lipinski definition) is 5. The zero-order chi connectivity index (χ0) is 15.5. The number of rotatable bonds is 7. The van der Waals surface area contributed by atoms with Gasteiger partial charge in [0.25, 0.3) is 0 Å². The van der Waals surface area contributed by atoms with Crippen LogP contribution < -0.4 is 5.32 Å². The minimum absolute atomic E-state index is 0.410. The highest BCUT2D eigenvalue weighted by Crippen LogP contribution is 2.02. The molecule has 0 atom stereocenters. The second kappa shape index (κ2) is 10.5. The van der Waals surface area contributed by atoms with Crippen molar-refractivity contribution in [2.75, 3.05) is 66.7 Å². The van der Waals surface area contributed by atoms with Gasteiger partial charge in [-0.3, -0.25) is 9.59 Å². The van der Waals surface area contributed by atoms with Crippen LogP contribution in [-0.4, -0.2) is 88.3 Å². The van der Waals surface area contributed by atoms with E-state index >= 15 is 0 Å². The Bertz CT molecular complexity index is 317. The van der Waals surface area contributed by atoms with Crippen LogP contribution in [0.4, 0.5) is 0 Å². The molecule has 2 amide bonds. The van der Waals surface area contributed by atoms with Crippen molar-refractivity contribution in [1.29, 1.82) is 0 Å². The molecule has 7 nitrogen and oxygen atoms in total. The molecule has 0 spiro atoms. The first-order valence-corrected chi connectivity index (χ1v) is 7.47. The molecule has 21 heavy (non-hydrogen) atoms. The minimum Gasteiger partial charge on any atom is -0.385 e. The lowest BCUT2D eigenvalue weighted by atomic mass is 10.3. The molecule has 122 valence electrons. The average Bonchev–Trinajstić information content (AvgIpc) is 2.78. The summed E-state index contributed by atoms with van der Waals surface area (Å²) in [5, 5.41) is 3.22. The number of amides is 2. The van der Waals surface area contributed by atoms with Gasteiger partial charge in [-0.15, -0.1) is 0 Å². The number of nitrogens with zero attached hydrogens (tertiary/aromatic N) is 2. The van der Waals surface area contributed by atoms with Gasteiger partial charge in [-0.05, 0) is 19.4 Å². The van der Waals surface area contributed by atoms with E-state index in [-0.39, 0.29) is 0 Å². The van der Waals surface area contributed by atoms with Gasteiger partial charge in [0.2, 0.25) is 0 Å². The molecule has 1 heterocycles. The third kappa shape index (κ3) is 6.41. The summed E-state index contributed by atoms with van der Waals surface area (Å²) < 4.78 is 10.0. The highest BCUT2D eigenvalue weighted by Gasteiger charge is 2.27. The molecule has 0 saturated carbocycles. The minimum atomic E-state index is -0.440. The van der Waals surface area contributed by atoms with Gasteiger partial charge in [0.05, 0.1) is 6.61 Å².